The first-order valence-corrected chi connectivity index (χ1v) is 6.62. The number of rotatable bonds is 3. The van der Waals surface area contributed by atoms with Gasteiger partial charge in [0.25, 0.3) is 0 Å². The predicted molar refractivity (Wildman–Crippen MR) is 69.7 cm³/mol. The van der Waals surface area contributed by atoms with E-state index < -0.39 is 29.6 Å². The number of aliphatic carboxylic acids is 1. The number of hydrogen-bond acceptors (Lipinski definition) is 4. The molecule has 7 nitrogen and oxygen atoms in total. The van der Waals surface area contributed by atoms with Crippen LogP contribution in [0.3, 0.4) is 0 Å². The normalized spacial score (nSPS) is 29.3. The summed E-state index contributed by atoms with van der Waals surface area (Å²) in [6.07, 6.45) is 5.75. The van der Waals surface area contributed by atoms with Gasteiger partial charge in [0, 0.05) is 0 Å². The fourth-order valence-corrected chi connectivity index (χ4v) is 3.19. The number of nitrogens with one attached hydrogen (secondary N) is 2. The molecule has 1 aromatic rings. The molecule has 4 atom stereocenters. The molecule has 0 aromatic carbocycles. The molecule has 110 valence electrons. The Morgan fingerprint density at radius 1 is 1.14 bits per heavy atom. The van der Waals surface area contributed by atoms with Crippen molar-refractivity contribution in [2.24, 2.45) is 23.7 Å². The average Bonchev–Trinajstić information content (AvgIpc) is 3.17. The van der Waals surface area contributed by atoms with Crippen molar-refractivity contribution < 1.29 is 23.9 Å². The van der Waals surface area contributed by atoms with Crippen LogP contribution in [0.4, 0.5) is 0 Å². The number of carboxylic acid groups (broad SMARTS) is 1. The predicted octanol–water partition coefficient (Wildman–Crippen LogP) is 0.563. The zero-order valence-corrected chi connectivity index (χ0v) is 11.0. The van der Waals surface area contributed by atoms with E-state index in [0.29, 0.717) is 6.42 Å². The second-order valence-corrected chi connectivity index (χ2v) is 5.26. The zero-order valence-electron chi connectivity index (χ0n) is 11.0. The van der Waals surface area contributed by atoms with E-state index >= 15 is 0 Å². The first kappa shape index (κ1) is 13.4. The molecule has 0 unspecified atom stereocenters. The molecule has 1 aromatic heterocycles. The lowest BCUT2D eigenvalue weighted by molar-refractivity contribution is -0.148. The minimum Gasteiger partial charge on any atom is -0.481 e. The van der Waals surface area contributed by atoms with Crippen LogP contribution >= 0.6 is 0 Å². The van der Waals surface area contributed by atoms with Crippen molar-refractivity contribution >= 4 is 17.8 Å². The topological polar surface area (TPSA) is 109 Å². The Kier molecular flexibility index (Phi) is 3.25. The SMILES string of the molecule is O=C(NNC(=O)[C@@H]1[C@@H](C(=O)O)[C@H]2C=C[C@H]1C2)c1ccco1. The lowest BCUT2D eigenvalue weighted by Gasteiger charge is -2.23. The van der Waals surface area contributed by atoms with E-state index in [2.05, 4.69) is 10.9 Å². The van der Waals surface area contributed by atoms with E-state index in [1.54, 1.807) is 6.07 Å². The van der Waals surface area contributed by atoms with Crippen LogP contribution in [0, 0.1) is 23.7 Å². The van der Waals surface area contributed by atoms with Gasteiger partial charge in [-0.2, -0.15) is 0 Å². The maximum absolute atomic E-state index is 12.2. The number of carbonyl (C=O) groups is 3. The molecule has 2 bridgehead atoms. The molecule has 2 amide bonds. The number of allylic oxidation sites excluding steroid dienone is 2. The molecular formula is C14H14N2O5. The van der Waals surface area contributed by atoms with Crippen molar-refractivity contribution in [3.05, 3.63) is 36.3 Å². The summed E-state index contributed by atoms with van der Waals surface area (Å²) in [6.45, 7) is 0. The van der Waals surface area contributed by atoms with E-state index in [4.69, 9.17) is 4.42 Å². The van der Waals surface area contributed by atoms with Gasteiger partial charge in [0.15, 0.2) is 5.76 Å². The third-order valence-electron chi connectivity index (χ3n) is 4.09. The fraction of sp³-hybridized carbons (Fsp3) is 0.357. The van der Waals surface area contributed by atoms with Crippen LogP contribution < -0.4 is 10.9 Å². The van der Waals surface area contributed by atoms with Crippen LogP contribution in [0.5, 0.6) is 0 Å². The summed E-state index contributed by atoms with van der Waals surface area (Å²) < 4.78 is 4.89. The largest absolute Gasteiger partial charge is 0.481 e. The van der Waals surface area contributed by atoms with Gasteiger partial charge < -0.3 is 9.52 Å². The van der Waals surface area contributed by atoms with Crippen LogP contribution in [-0.4, -0.2) is 22.9 Å². The summed E-state index contributed by atoms with van der Waals surface area (Å²) in [6, 6.07) is 3.01. The maximum Gasteiger partial charge on any atom is 0.307 e. The lowest BCUT2D eigenvalue weighted by Crippen LogP contribution is -2.48. The second-order valence-electron chi connectivity index (χ2n) is 5.26. The van der Waals surface area contributed by atoms with Crippen LogP contribution in [-0.2, 0) is 9.59 Å². The van der Waals surface area contributed by atoms with Crippen LogP contribution in [0.25, 0.3) is 0 Å². The third-order valence-corrected chi connectivity index (χ3v) is 4.09. The standard InChI is InChI=1S/C14H14N2O5/c17-12(9-2-1-5-21-9)15-16-13(18)10-7-3-4-8(6-7)11(10)14(19)20/h1-5,7-8,10-11H,6H2,(H,15,17)(H,16,18)(H,19,20)/t7-,8-,10-,11-/m0/s1. The van der Waals surface area contributed by atoms with E-state index in [1.807, 2.05) is 12.2 Å². The number of carbonyl (C=O) groups excluding carboxylic acids is 2. The molecule has 0 spiro atoms. The Labute approximate surface area is 120 Å². The smallest absolute Gasteiger partial charge is 0.307 e. The molecule has 0 aliphatic heterocycles. The summed E-state index contributed by atoms with van der Waals surface area (Å²) in [5.74, 6) is -3.57. The van der Waals surface area contributed by atoms with Crippen molar-refractivity contribution in [1.29, 1.82) is 0 Å². The highest BCUT2D eigenvalue weighted by atomic mass is 16.4. The molecule has 1 saturated carbocycles. The van der Waals surface area contributed by atoms with Gasteiger partial charge in [-0.15, -0.1) is 0 Å². The maximum atomic E-state index is 12.2. The number of hydrazine groups is 1. The quantitative estimate of drug-likeness (QED) is 0.557. The number of furan rings is 1. The highest BCUT2D eigenvalue weighted by molar-refractivity contribution is 5.94. The van der Waals surface area contributed by atoms with Crippen molar-refractivity contribution in [3.8, 4) is 0 Å². The van der Waals surface area contributed by atoms with E-state index in [0.717, 1.165) is 0 Å². The van der Waals surface area contributed by atoms with E-state index in [9.17, 15) is 19.5 Å². The van der Waals surface area contributed by atoms with Gasteiger partial charge in [0.1, 0.15) is 0 Å². The molecule has 3 N–H and O–H groups in total. The molecule has 1 fully saturated rings. The van der Waals surface area contributed by atoms with Crippen molar-refractivity contribution in [2.45, 2.75) is 6.42 Å². The molecule has 2 aliphatic carbocycles. The van der Waals surface area contributed by atoms with Gasteiger partial charge in [0.2, 0.25) is 5.91 Å². The van der Waals surface area contributed by atoms with E-state index in [-0.39, 0.29) is 17.6 Å². The van der Waals surface area contributed by atoms with Crippen molar-refractivity contribution in [2.75, 3.05) is 0 Å². The Balaban J connectivity index is 1.64. The Morgan fingerprint density at radius 2 is 1.86 bits per heavy atom. The van der Waals surface area contributed by atoms with Gasteiger partial charge in [-0.25, -0.2) is 0 Å². The number of amides is 2. The van der Waals surface area contributed by atoms with Gasteiger partial charge in [-0.3, -0.25) is 25.2 Å². The molecule has 21 heavy (non-hydrogen) atoms. The summed E-state index contributed by atoms with van der Waals surface area (Å²) >= 11 is 0. The van der Waals surface area contributed by atoms with Crippen molar-refractivity contribution in [1.82, 2.24) is 10.9 Å². The summed E-state index contributed by atoms with van der Waals surface area (Å²) in [4.78, 5) is 35.1. The first-order chi connectivity index (χ1) is 10.1. The fourth-order valence-electron chi connectivity index (χ4n) is 3.19. The molecular weight excluding hydrogens is 276 g/mol. The number of carboxylic acids is 1. The summed E-state index contributed by atoms with van der Waals surface area (Å²) in [7, 11) is 0. The monoisotopic (exact) mass is 290 g/mol. The second kappa shape index (κ2) is 5.08. The Bertz CT molecular complexity index is 607. The zero-order chi connectivity index (χ0) is 15.0. The molecule has 3 rings (SSSR count). The first-order valence-electron chi connectivity index (χ1n) is 6.62. The molecule has 0 radical (unpaired) electrons. The minimum atomic E-state index is -0.982. The molecule has 1 heterocycles. The highest BCUT2D eigenvalue weighted by Crippen LogP contribution is 2.48. The van der Waals surface area contributed by atoms with Crippen LogP contribution in [0.2, 0.25) is 0 Å². The number of fused-ring (bicyclic) bond motifs is 2. The Morgan fingerprint density at radius 3 is 2.48 bits per heavy atom. The average molecular weight is 290 g/mol. The van der Waals surface area contributed by atoms with Gasteiger partial charge in [-0.1, -0.05) is 12.2 Å². The lowest BCUT2D eigenvalue weighted by atomic mass is 9.82. The minimum absolute atomic E-state index is 0.0675. The Hall–Kier alpha value is -2.57. The van der Waals surface area contributed by atoms with Crippen molar-refractivity contribution in [3.63, 3.8) is 0 Å². The van der Waals surface area contributed by atoms with E-state index in [1.165, 1.54) is 12.3 Å². The van der Waals surface area contributed by atoms with Crippen LogP contribution in [0.15, 0.2) is 35.0 Å². The molecule has 7 heteroatoms. The van der Waals surface area contributed by atoms with Gasteiger partial charge in [-0.05, 0) is 30.4 Å². The van der Waals surface area contributed by atoms with Gasteiger partial charge in [0.05, 0.1) is 18.1 Å². The third kappa shape index (κ3) is 2.31. The summed E-state index contributed by atoms with van der Waals surface area (Å²) in [5, 5.41) is 9.27. The highest BCUT2D eigenvalue weighted by Gasteiger charge is 2.51. The number of hydrogen-bond donors (Lipinski definition) is 3. The summed E-state index contributed by atoms with van der Waals surface area (Å²) in [5.41, 5.74) is 4.52. The van der Waals surface area contributed by atoms with Crippen LogP contribution in [0.1, 0.15) is 17.0 Å². The molecule has 0 saturated heterocycles. The van der Waals surface area contributed by atoms with Gasteiger partial charge >= 0.3 is 11.9 Å². The molecule has 2 aliphatic rings.